The molecule has 41 heavy (non-hydrogen) atoms. The fraction of sp³-hybridized carbons (Fsp3) is 0.310. The predicted octanol–water partition coefficient (Wildman–Crippen LogP) is 4.92. The van der Waals surface area contributed by atoms with Gasteiger partial charge in [-0.25, -0.2) is 23.4 Å². The van der Waals surface area contributed by atoms with Gasteiger partial charge in [0.15, 0.2) is 17.3 Å². The Morgan fingerprint density at radius 1 is 1.10 bits per heavy atom. The summed E-state index contributed by atoms with van der Waals surface area (Å²) in [4.78, 5) is 17.0. The van der Waals surface area contributed by atoms with Crippen LogP contribution >= 0.6 is 0 Å². The highest BCUT2D eigenvalue weighted by atomic mass is 32.2. The Balaban J connectivity index is 2.17. The molecular formula is C29H35N5O6S. The molecule has 1 aromatic heterocycles. The van der Waals surface area contributed by atoms with Crippen LogP contribution in [-0.4, -0.2) is 56.4 Å². The number of benzene rings is 2. The van der Waals surface area contributed by atoms with Crippen molar-refractivity contribution < 1.29 is 27.7 Å². The molecule has 12 heteroatoms. The molecule has 3 aromatic rings. The number of amidine groups is 1. The Morgan fingerprint density at radius 2 is 1.78 bits per heavy atom. The fourth-order valence-corrected chi connectivity index (χ4v) is 4.54. The lowest BCUT2D eigenvalue weighted by Gasteiger charge is -2.20. The maximum Gasteiger partial charge on any atom is 0.263 e. The van der Waals surface area contributed by atoms with Crippen molar-refractivity contribution in [2.45, 2.75) is 44.4 Å². The lowest BCUT2D eigenvalue weighted by atomic mass is 9.87. The number of para-hydroxylation sites is 2. The first-order chi connectivity index (χ1) is 19.5. The van der Waals surface area contributed by atoms with Crippen LogP contribution in [0.15, 0.2) is 75.7 Å². The average Bonchev–Trinajstić information content (AvgIpc) is 2.95. The van der Waals surface area contributed by atoms with E-state index in [1.165, 1.54) is 25.4 Å². The van der Waals surface area contributed by atoms with Gasteiger partial charge in [-0.05, 0) is 48.9 Å². The lowest BCUT2D eigenvalue weighted by molar-refractivity contribution is 0.192. The third kappa shape index (κ3) is 8.35. The first-order valence-electron chi connectivity index (χ1n) is 12.8. The van der Waals surface area contributed by atoms with Crippen LogP contribution in [0.3, 0.4) is 0 Å². The summed E-state index contributed by atoms with van der Waals surface area (Å²) in [5.41, 5.74) is 0.822. The van der Waals surface area contributed by atoms with E-state index in [1.54, 1.807) is 49.4 Å². The molecule has 0 radical (unpaired) electrons. The lowest BCUT2D eigenvalue weighted by Crippen LogP contribution is -2.18. The smallest absolute Gasteiger partial charge is 0.263 e. The van der Waals surface area contributed by atoms with Crippen molar-refractivity contribution in [3.8, 4) is 23.1 Å². The van der Waals surface area contributed by atoms with Crippen LogP contribution in [0, 0.1) is 0 Å². The van der Waals surface area contributed by atoms with E-state index in [-0.39, 0.29) is 59.0 Å². The number of ether oxygens (including phenoxy) is 3. The van der Waals surface area contributed by atoms with Gasteiger partial charge in [0.05, 0.1) is 25.0 Å². The van der Waals surface area contributed by atoms with Crippen molar-refractivity contribution in [3.63, 3.8) is 0 Å². The molecule has 0 fully saturated rings. The molecule has 0 saturated carbocycles. The van der Waals surface area contributed by atoms with E-state index in [0.717, 1.165) is 5.56 Å². The number of aliphatic hydroxyl groups is 1. The molecule has 0 atom stereocenters. The van der Waals surface area contributed by atoms with Crippen LogP contribution in [0.1, 0.15) is 39.1 Å². The Kier molecular flexibility index (Phi) is 10.6. The zero-order valence-electron chi connectivity index (χ0n) is 23.8. The molecule has 0 amide bonds. The highest BCUT2D eigenvalue weighted by molar-refractivity contribution is 7.92. The van der Waals surface area contributed by atoms with Gasteiger partial charge in [-0.2, -0.15) is 4.98 Å². The van der Waals surface area contributed by atoms with E-state index < -0.39 is 10.0 Å². The van der Waals surface area contributed by atoms with Gasteiger partial charge >= 0.3 is 0 Å². The second-order valence-corrected chi connectivity index (χ2v) is 11.4. The summed E-state index contributed by atoms with van der Waals surface area (Å²) in [6, 6.07) is 13.4. The number of anilines is 1. The summed E-state index contributed by atoms with van der Waals surface area (Å²) in [7, 11) is -2.67. The van der Waals surface area contributed by atoms with E-state index in [0.29, 0.717) is 11.6 Å². The van der Waals surface area contributed by atoms with Gasteiger partial charge in [0.2, 0.25) is 5.75 Å². The van der Waals surface area contributed by atoms with Crippen molar-refractivity contribution in [1.82, 2.24) is 9.97 Å². The summed E-state index contributed by atoms with van der Waals surface area (Å²) in [5, 5.41) is 9.43. The third-order valence-electron chi connectivity index (χ3n) is 5.62. The Labute approximate surface area is 240 Å². The van der Waals surface area contributed by atoms with Gasteiger partial charge in [-0.1, -0.05) is 51.1 Å². The Hall–Kier alpha value is -4.29. The summed E-state index contributed by atoms with van der Waals surface area (Å²) >= 11 is 0. The van der Waals surface area contributed by atoms with Crippen molar-refractivity contribution >= 4 is 28.4 Å². The Bertz CT molecular complexity index is 1510. The molecule has 0 aliphatic heterocycles. The normalized spacial score (nSPS) is 12.3. The van der Waals surface area contributed by atoms with Crippen LogP contribution in [0.25, 0.3) is 0 Å². The number of methoxy groups -OCH3 is 1. The van der Waals surface area contributed by atoms with Crippen LogP contribution in [0.4, 0.5) is 5.82 Å². The number of rotatable bonds is 12. The molecule has 0 aliphatic rings. The first kappa shape index (κ1) is 31.2. The predicted molar refractivity (Wildman–Crippen MR) is 159 cm³/mol. The quantitative estimate of drug-likeness (QED) is 0.226. The number of aromatic nitrogens is 2. The average molecular weight is 582 g/mol. The first-order valence-corrected chi connectivity index (χ1v) is 14.2. The summed E-state index contributed by atoms with van der Waals surface area (Å²) in [6.45, 7) is 11.0. The number of hydrogen-bond donors (Lipinski definition) is 2. The zero-order chi connectivity index (χ0) is 30.0. The van der Waals surface area contributed by atoms with E-state index in [4.69, 9.17) is 14.2 Å². The monoisotopic (exact) mass is 581 g/mol. The van der Waals surface area contributed by atoms with E-state index in [1.807, 2.05) is 20.8 Å². The molecule has 0 unspecified atom stereocenters. The van der Waals surface area contributed by atoms with Crippen molar-refractivity contribution in [2.24, 2.45) is 9.98 Å². The number of allylic oxidation sites excluding steroid dienone is 1. The number of hydrogen-bond acceptors (Lipinski definition) is 9. The van der Waals surface area contributed by atoms with Crippen molar-refractivity contribution in [1.29, 1.82) is 0 Å². The van der Waals surface area contributed by atoms with Gasteiger partial charge < -0.3 is 19.3 Å². The number of nitrogens with one attached hydrogen (secondary N) is 1. The fourth-order valence-electron chi connectivity index (χ4n) is 3.53. The van der Waals surface area contributed by atoms with Crippen LogP contribution in [-0.2, 0) is 21.9 Å². The number of aliphatic hydroxyl groups excluding tert-OH is 1. The van der Waals surface area contributed by atoms with E-state index in [9.17, 15) is 13.5 Å². The minimum atomic E-state index is -4.14. The standard InChI is InChI=1S/C29H35N5O6S/c1-7-16-31-24(30-5)19-25-32-27(34-41(36,37)21-14-12-20(13-15-21)29(2,3)4)26(28(33-25)39-18-17-35)40-23-11-9-8-10-22(23)38-6/h7-16,35H,5,17-19H2,1-4,6H3,(H,32,33,34)/b16-7-,31-24?. The third-order valence-corrected chi connectivity index (χ3v) is 6.98. The zero-order valence-corrected chi connectivity index (χ0v) is 24.6. The molecule has 11 nitrogen and oxygen atoms in total. The SMILES string of the molecule is C=NC(Cc1nc(NS(=O)(=O)c2ccc(C(C)(C)C)cc2)c(Oc2ccccc2OC)c(OCCO)n1)=N/C=C\C. The summed E-state index contributed by atoms with van der Waals surface area (Å²) in [5.74, 6) is 0.641. The Morgan fingerprint density at radius 3 is 2.37 bits per heavy atom. The molecule has 3 rings (SSSR count). The highest BCUT2D eigenvalue weighted by Crippen LogP contribution is 2.40. The van der Waals surface area contributed by atoms with E-state index >= 15 is 0 Å². The topological polar surface area (TPSA) is 145 Å². The molecule has 0 saturated heterocycles. The van der Waals surface area contributed by atoms with Gasteiger partial charge in [-0.15, -0.1) is 0 Å². The van der Waals surface area contributed by atoms with Gasteiger partial charge in [0, 0.05) is 6.20 Å². The largest absolute Gasteiger partial charge is 0.493 e. The molecule has 0 bridgehead atoms. The number of aliphatic imine (C=N–C) groups is 2. The van der Waals surface area contributed by atoms with Gasteiger partial charge in [-0.3, -0.25) is 4.72 Å². The van der Waals surface area contributed by atoms with Crippen molar-refractivity contribution in [2.75, 3.05) is 25.0 Å². The second kappa shape index (κ2) is 13.9. The molecular weight excluding hydrogens is 546 g/mol. The molecule has 2 N–H and O–H groups in total. The molecule has 0 spiro atoms. The maximum absolute atomic E-state index is 13.6. The number of sulfonamides is 1. The van der Waals surface area contributed by atoms with Crippen LogP contribution < -0.4 is 18.9 Å². The summed E-state index contributed by atoms with van der Waals surface area (Å²) in [6.07, 6.45) is 3.26. The van der Waals surface area contributed by atoms with Gasteiger partial charge in [0.25, 0.3) is 15.9 Å². The maximum atomic E-state index is 13.6. The highest BCUT2D eigenvalue weighted by Gasteiger charge is 2.26. The summed E-state index contributed by atoms with van der Waals surface area (Å²) < 4.78 is 46.8. The van der Waals surface area contributed by atoms with Crippen LogP contribution in [0.2, 0.25) is 0 Å². The van der Waals surface area contributed by atoms with E-state index in [2.05, 4.69) is 31.4 Å². The second-order valence-electron chi connectivity index (χ2n) is 9.69. The van der Waals surface area contributed by atoms with Crippen LogP contribution in [0.5, 0.6) is 23.1 Å². The van der Waals surface area contributed by atoms with Crippen molar-refractivity contribution in [3.05, 3.63) is 72.2 Å². The molecule has 218 valence electrons. The van der Waals surface area contributed by atoms with Gasteiger partial charge in [0.1, 0.15) is 18.3 Å². The minimum absolute atomic E-state index is 0.00721. The molecule has 0 aliphatic carbocycles. The minimum Gasteiger partial charge on any atom is -0.493 e. The molecule has 1 heterocycles. The number of nitrogens with zero attached hydrogens (tertiary/aromatic N) is 4. The molecule has 2 aromatic carbocycles.